The van der Waals surface area contributed by atoms with Crippen molar-refractivity contribution in [1.82, 2.24) is 15.6 Å². The molecule has 0 unspecified atom stereocenters. The Balaban J connectivity index is 1.70. The fourth-order valence-corrected chi connectivity index (χ4v) is 2.88. The van der Waals surface area contributed by atoms with Crippen LogP contribution in [0.3, 0.4) is 0 Å². The fraction of sp³-hybridized carbons (Fsp3) is 0.200. The molecule has 0 fully saturated rings. The summed E-state index contributed by atoms with van der Waals surface area (Å²) in [6.07, 6.45) is 1.35. The lowest BCUT2D eigenvalue weighted by Gasteiger charge is -2.18. The number of benzene rings is 2. The maximum atomic E-state index is 12.1. The van der Waals surface area contributed by atoms with E-state index in [1.54, 1.807) is 18.2 Å². The molecule has 1 N–H and O–H groups in total. The van der Waals surface area contributed by atoms with Crippen LogP contribution >= 0.6 is 23.2 Å². The van der Waals surface area contributed by atoms with Gasteiger partial charge in [0.2, 0.25) is 5.82 Å². The van der Waals surface area contributed by atoms with E-state index in [0.717, 1.165) is 5.56 Å². The molecule has 8 heteroatoms. The molecule has 0 aliphatic heterocycles. The number of hydrogen-bond acceptors (Lipinski definition) is 5. The molecule has 6 nitrogen and oxygen atoms in total. The predicted molar refractivity (Wildman–Crippen MR) is 110 cm³/mol. The van der Waals surface area contributed by atoms with E-state index < -0.39 is 5.91 Å². The minimum atomic E-state index is -0.635. The van der Waals surface area contributed by atoms with Gasteiger partial charge in [-0.25, -0.2) is 5.43 Å². The molecule has 1 amide bonds. The quantitative estimate of drug-likeness (QED) is 0.473. The highest BCUT2D eigenvalue weighted by molar-refractivity contribution is 6.38. The second kappa shape index (κ2) is 8.12. The number of hydrogen-bond donors (Lipinski definition) is 1. The molecule has 0 atom stereocenters. The Morgan fingerprint density at radius 1 is 1.11 bits per heavy atom. The van der Waals surface area contributed by atoms with Crippen LogP contribution in [0.15, 0.2) is 52.1 Å². The maximum Gasteiger partial charge on any atom is 0.329 e. The summed E-state index contributed by atoms with van der Waals surface area (Å²) in [7, 11) is 0. The molecule has 0 bridgehead atoms. The average molecular weight is 417 g/mol. The molecule has 1 heterocycles. The number of halogens is 2. The topological polar surface area (TPSA) is 80.4 Å². The van der Waals surface area contributed by atoms with Gasteiger partial charge in [-0.05, 0) is 23.1 Å². The van der Waals surface area contributed by atoms with Crippen LogP contribution in [0.4, 0.5) is 0 Å². The Kier molecular flexibility index (Phi) is 5.82. The van der Waals surface area contributed by atoms with Crippen molar-refractivity contribution >= 4 is 35.3 Å². The fourth-order valence-electron chi connectivity index (χ4n) is 2.39. The van der Waals surface area contributed by atoms with Crippen molar-refractivity contribution in [3.8, 4) is 11.4 Å². The van der Waals surface area contributed by atoms with Gasteiger partial charge < -0.3 is 4.52 Å². The van der Waals surface area contributed by atoms with Crippen LogP contribution < -0.4 is 5.43 Å². The second-order valence-corrected chi connectivity index (χ2v) is 7.90. The lowest BCUT2D eigenvalue weighted by atomic mass is 9.87. The largest absolute Gasteiger partial charge is 0.329 e. The predicted octanol–water partition coefficient (Wildman–Crippen LogP) is 5.10. The molecule has 0 saturated carbocycles. The van der Waals surface area contributed by atoms with Gasteiger partial charge in [0, 0.05) is 11.1 Å². The van der Waals surface area contributed by atoms with Crippen LogP contribution in [-0.4, -0.2) is 22.3 Å². The van der Waals surface area contributed by atoms with Crippen molar-refractivity contribution in [3.63, 3.8) is 0 Å². The van der Waals surface area contributed by atoms with Crippen molar-refractivity contribution < 1.29 is 9.32 Å². The third kappa shape index (κ3) is 4.58. The standard InChI is InChI=1S/C20H18Cl2N4O2/c1-20(2,3)13-9-7-12(8-10-13)17-24-19(28-26-17)18(27)25-23-11-14-15(21)5-4-6-16(14)22/h4-11H,1-3H3,(H,25,27). The summed E-state index contributed by atoms with van der Waals surface area (Å²) in [5.74, 6) is -0.509. The van der Waals surface area contributed by atoms with Gasteiger partial charge in [0.15, 0.2) is 0 Å². The van der Waals surface area contributed by atoms with E-state index in [-0.39, 0.29) is 11.3 Å². The van der Waals surface area contributed by atoms with Crippen molar-refractivity contribution in [3.05, 3.63) is 69.5 Å². The minimum absolute atomic E-state index is 0.0450. The third-order valence-corrected chi connectivity index (χ3v) is 4.65. The van der Waals surface area contributed by atoms with Crippen molar-refractivity contribution in [2.45, 2.75) is 26.2 Å². The Labute approximate surface area is 172 Å². The molecular formula is C20H18Cl2N4O2. The zero-order chi connectivity index (χ0) is 20.3. The lowest BCUT2D eigenvalue weighted by molar-refractivity contribution is 0.0911. The number of hydrazone groups is 1. The van der Waals surface area contributed by atoms with Crippen LogP contribution in [-0.2, 0) is 5.41 Å². The zero-order valence-corrected chi connectivity index (χ0v) is 17.0. The highest BCUT2D eigenvalue weighted by Gasteiger charge is 2.17. The molecule has 0 radical (unpaired) electrons. The number of rotatable bonds is 4. The van der Waals surface area contributed by atoms with Crippen molar-refractivity contribution in [2.75, 3.05) is 0 Å². The number of amides is 1. The summed E-state index contributed by atoms with van der Waals surface area (Å²) in [6.45, 7) is 6.40. The molecule has 3 rings (SSSR count). The normalized spacial score (nSPS) is 11.8. The summed E-state index contributed by atoms with van der Waals surface area (Å²) < 4.78 is 5.03. The van der Waals surface area contributed by atoms with Crippen LogP contribution in [0.25, 0.3) is 11.4 Å². The summed E-state index contributed by atoms with van der Waals surface area (Å²) in [5, 5.41) is 8.53. The number of aromatic nitrogens is 2. The lowest BCUT2D eigenvalue weighted by Crippen LogP contribution is -2.18. The Bertz CT molecular complexity index is 1000. The summed E-state index contributed by atoms with van der Waals surface area (Å²) in [5.41, 5.74) is 4.79. The molecule has 0 aliphatic carbocycles. The molecule has 0 saturated heterocycles. The maximum absolute atomic E-state index is 12.1. The Morgan fingerprint density at radius 2 is 1.75 bits per heavy atom. The van der Waals surface area contributed by atoms with E-state index in [1.807, 2.05) is 24.3 Å². The average Bonchev–Trinajstić information content (AvgIpc) is 3.14. The number of carbonyl (C=O) groups excluding carboxylic acids is 1. The molecule has 2 aromatic carbocycles. The Hall–Kier alpha value is -2.70. The van der Waals surface area contributed by atoms with Gasteiger partial charge in [0.25, 0.3) is 0 Å². The van der Waals surface area contributed by atoms with E-state index in [4.69, 9.17) is 27.7 Å². The van der Waals surface area contributed by atoms with Crippen molar-refractivity contribution in [1.29, 1.82) is 0 Å². The molecule has 3 aromatic rings. The second-order valence-electron chi connectivity index (χ2n) is 7.08. The molecule has 0 aliphatic rings. The van der Waals surface area contributed by atoms with Gasteiger partial charge in [-0.1, -0.05) is 79.5 Å². The van der Waals surface area contributed by atoms with Gasteiger partial charge in [-0.15, -0.1) is 0 Å². The van der Waals surface area contributed by atoms with E-state index in [0.29, 0.717) is 21.4 Å². The SMILES string of the molecule is CC(C)(C)c1ccc(-c2noc(C(=O)NN=Cc3c(Cl)cccc3Cl)n2)cc1. The van der Waals surface area contributed by atoms with Crippen LogP contribution in [0, 0.1) is 0 Å². The van der Waals surface area contributed by atoms with E-state index in [2.05, 4.69) is 41.4 Å². The Morgan fingerprint density at radius 3 is 2.36 bits per heavy atom. The molecule has 1 aromatic heterocycles. The molecule has 28 heavy (non-hydrogen) atoms. The van der Waals surface area contributed by atoms with E-state index in [1.165, 1.54) is 11.8 Å². The number of carbonyl (C=O) groups is 1. The van der Waals surface area contributed by atoms with Crippen molar-refractivity contribution in [2.24, 2.45) is 5.10 Å². The van der Waals surface area contributed by atoms with Gasteiger partial charge in [-0.2, -0.15) is 10.1 Å². The van der Waals surface area contributed by atoms with Crippen LogP contribution in [0.5, 0.6) is 0 Å². The van der Waals surface area contributed by atoms with Gasteiger partial charge in [-0.3, -0.25) is 4.79 Å². The first-order valence-electron chi connectivity index (χ1n) is 8.48. The monoisotopic (exact) mass is 416 g/mol. The summed E-state index contributed by atoms with van der Waals surface area (Å²) >= 11 is 12.1. The molecule has 0 spiro atoms. The third-order valence-electron chi connectivity index (χ3n) is 3.99. The first-order valence-corrected chi connectivity index (χ1v) is 9.23. The first kappa shape index (κ1) is 20.0. The summed E-state index contributed by atoms with van der Waals surface area (Å²) in [6, 6.07) is 12.9. The first-order chi connectivity index (χ1) is 13.3. The number of nitrogens with zero attached hydrogens (tertiary/aromatic N) is 3. The van der Waals surface area contributed by atoms with Gasteiger partial charge in [0.1, 0.15) is 0 Å². The zero-order valence-electron chi connectivity index (χ0n) is 15.5. The van der Waals surface area contributed by atoms with Gasteiger partial charge >= 0.3 is 11.8 Å². The summed E-state index contributed by atoms with van der Waals surface area (Å²) in [4.78, 5) is 16.3. The molecule has 144 valence electrons. The van der Waals surface area contributed by atoms with E-state index >= 15 is 0 Å². The van der Waals surface area contributed by atoms with Crippen LogP contribution in [0.1, 0.15) is 42.6 Å². The van der Waals surface area contributed by atoms with Crippen LogP contribution in [0.2, 0.25) is 10.0 Å². The minimum Gasteiger partial charge on any atom is -0.328 e. The molecular weight excluding hydrogens is 399 g/mol. The highest BCUT2D eigenvalue weighted by atomic mass is 35.5. The van der Waals surface area contributed by atoms with E-state index in [9.17, 15) is 4.79 Å². The smallest absolute Gasteiger partial charge is 0.328 e. The van der Waals surface area contributed by atoms with Gasteiger partial charge in [0.05, 0.1) is 16.3 Å². The number of nitrogens with one attached hydrogen (secondary N) is 1. The highest BCUT2D eigenvalue weighted by Crippen LogP contribution is 2.25.